The smallest absolute Gasteiger partial charge is 0.151 e. The molecular weight excluding hydrogens is 430 g/mol. The van der Waals surface area contributed by atoms with Crippen molar-refractivity contribution in [2.24, 2.45) is 0 Å². The zero-order valence-electron chi connectivity index (χ0n) is 18.5. The molecule has 0 unspecified atom stereocenters. The number of phenolic OH excluding ortho intramolecular Hbond substituents is 1. The van der Waals surface area contributed by atoms with E-state index in [0.717, 1.165) is 45.9 Å². The Hall–Kier alpha value is -3.02. The molecule has 33 heavy (non-hydrogen) atoms. The van der Waals surface area contributed by atoms with Gasteiger partial charge < -0.3 is 14.6 Å². The van der Waals surface area contributed by atoms with Crippen molar-refractivity contribution in [3.05, 3.63) is 77.9 Å². The maximum absolute atomic E-state index is 10.0. The number of hydrogen-bond donors (Lipinski definition) is 1. The Morgan fingerprint density at radius 1 is 0.970 bits per heavy atom. The average molecular weight is 458 g/mol. The molecule has 4 nitrogen and oxygen atoms in total. The van der Waals surface area contributed by atoms with E-state index in [2.05, 4.69) is 35.2 Å². The summed E-state index contributed by atoms with van der Waals surface area (Å²) in [7, 11) is 0. The molecule has 168 valence electrons. The lowest BCUT2D eigenvalue weighted by molar-refractivity contribution is 0.183. The molecule has 1 fully saturated rings. The van der Waals surface area contributed by atoms with Gasteiger partial charge in [-0.3, -0.25) is 4.90 Å². The zero-order valence-corrected chi connectivity index (χ0v) is 19.3. The summed E-state index contributed by atoms with van der Waals surface area (Å²) in [6.45, 7) is 4.09. The minimum Gasteiger partial charge on any atom is -0.508 e. The number of likely N-dealkylation sites (tertiary alicyclic amines) is 1. The lowest BCUT2D eigenvalue weighted by atomic mass is 9.93. The lowest BCUT2D eigenvalue weighted by Crippen LogP contribution is -2.33. The number of hydrogen-bond acceptors (Lipinski definition) is 5. The number of benzene rings is 3. The molecule has 2 aliphatic heterocycles. The summed E-state index contributed by atoms with van der Waals surface area (Å²) in [6, 6.07) is 22.1. The number of para-hydroxylation sites is 1. The fraction of sp³-hybridized carbons (Fsp3) is 0.286. The van der Waals surface area contributed by atoms with Crippen LogP contribution in [0.5, 0.6) is 17.2 Å². The highest BCUT2D eigenvalue weighted by Gasteiger charge is 2.31. The van der Waals surface area contributed by atoms with Gasteiger partial charge in [0.2, 0.25) is 0 Å². The molecule has 0 radical (unpaired) electrons. The first-order chi connectivity index (χ1) is 16.3. The lowest BCUT2D eigenvalue weighted by Gasteiger charge is -2.27. The Labute approximate surface area is 198 Å². The van der Waals surface area contributed by atoms with Crippen molar-refractivity contribution in [3.8, 4) is 27.7 Å². The Balaban J connectivity index is 1.28. The third-order valence-corrected chi connectivity index (χ3v) is 7.86. The van der Waals surface area contributed by atoms with Crippen molar-refractivity contribution in [2.75, 3.05) is 26.2 Å². The summed E-state index contributed by atoms with van der Waals surface area (Å²) < 4.78 is 13.6. The van der Waals surface area contributed by atoms with E-state index in [1.54, 1.807) is 17.4 Å². The van der Waals surface area contributed by atoms with Gasteiger partial charge in [0.05, 0.1) is 0 Å². The number of phenols is 1. The minimum atomic E-state index is -0.199. The van der Waals surface area contributed by atoms with Crippen LogP contribution >= 0.6 is 11.3 Å². The average Bonchev–Trinajstić information content (AvgIpc) is 3.23. The van der Waals surface area contributed by atoms with Crippen LogP contribution in [0.4, 0.5) is 0 Å². The van der Waals surface area contributed by atoms with Crippen LogP contribution in [0.2, 0.25) is 0 Å². The highest BCUT2D eigenvalue weighted by atomic mass is 32.1. The third kappa shape index (κ3) is 3.96. The van der Waals surface area contributed by atoms with Crippen molar-refractivity contribution < 1.29 is 14.6 Å². The molecule has 4 aromatic rings. The van der Waals surface area contributed by atoms with E-state index in [-0.39, 0.29) is 11.9 Å². The molecule has 5 heteroatoms. The van der Waals surface area contributed by atoms with Crippen LogP contribution in [0, 0.1) is 0 Å². The van der Waals surface area contributed by atoms with Gasteiger partial charge >= 0.3 is 0 Å². The number of fused-ring (bicyclic) bond motifs is 5. The molecule has 1 aromatic heterocycles. The molecule has 0 aliphatic carbocycles. The standard InChI is InChI=1S/C28H27NO3S/c30-20-10-13-23-25(18-20)33-28-22-6-2-3-7-24(22)32-27(26(23)28)19-8-11-21(12-9-19)31-17-16-29-14-4-1-5-15-29/h2-3,6-13,18,27,30H,1,4-5,14-17H2/t27-/m1/s1. The number of rotatable bonds is 5. The van der Waals surface area contributed by atoms with E-state index in [1.165, 1.54) is 42.8 Å². The Morgan fingerprint density at radius 2 is 1.79 bits per heavy atom. The molecule has 0 spiro atoms. The second-order valence-electron chi connectivity index (χ2n) is 8.84. The van der Waals surface area contributed by atoms with Crippen molar-refractivity contribution in [3.63, 3.8) is 0 Å². The Bertz CT molecular complexity index is 1270. The fourth-order valence-electron chi connectivity index (χ4n) is 4.96. The van der Waals surface area contributed by atoms with Gasteiger partial charge in [0, 0.05) is 32.6 Å². The largest absolute Gasteiger partial charge is 0.508 e. The van der Waals surface area contributed by atoms with Gasteiger partial charge in [0.1, 0.15) is 23.9 Å². The second-order valence-corrected chi connectivity index (χ2v) is 9.89. The summed E-state index contributed by atoms with van der Waals surface area (Å²) in [5.74, 6) is 2.08. The van der Waals surface area contributed by atoms with E-state index >= 15 is 0 Å². The van der Waals surface area contributed by atoms with Crippen LogP contribution in [-0.4, -0.2) is 36.2 Å². The monoisotopic (exact) mass is 457 g/mol. The number of ether oxygens (including phenoxy) is 2. The van der Waals surface area contributed by atoms with Gasteiger partial charge in [-0.15, -0.1) is 11.3 Å². The van der Waals surface area contributed by atoms with Gasteiger partial charge in [0.25, 0.3) is 0 Å². The highest BCUT2D eigenvalue weighted by Crippen LogP contribution is 2.52. The van der Waals surface area contributed by atoms with Crippen LogP contribution in [0.1, 0.15) is 36.5 Å². The number of aromatic hydroxyl groups is 1. The molecule has 1 saturated heterocycles. The summed E-state index contributed by atoms with van der Waals surface area (Å²) in [5.41, 5.74) is 3.39. The molecule has 2 aliphatic rings. The molecule has 3 aromatic carbocycles. The molecule has 0 bridgehead atoms. The first-order valence-electron chi connectivity index (χ1n) is 11.7. The number of thiophene rings is 1. The highest BCUT2D eigenvalue weighted by molar-refractivity contribution is 7.22. The first-order valence-corrected chi connectivity index (χ1v) is 12.5. The molecular formula is C28H27NO3S. The van der Waals surface area contributed by atoms with E-state index in [0.29, 0.717) is 0 Å². The van der Waals surface area contributed by atoms with Gasteiger partial charge in [-0.1, -0.05) is 30.7 Å². The van der Waals surface area contributed by atoms with E-state index in [9.17, 15) is 5.11 Å². The van der Waals surface area contributed by atoms with Crippen LogP contribution in [0.25, 0.3) is 20.5 Å². The van der Waals surface area contributed by atoms with Gasteiger partial charge in [-0.05, 0) is 74.0 Å². The van der Waals surface area contributed by atoms with Crippen molar-refractivity contribution in [1.82, 2.24) is 4.90 Å². The SMILES string of the molecule is Oc1ccc2c3c(sc2c1)-c1ccccc1O[C@@H]3c1ccc(OCCN2CCCCC2)cc1. The number of nitrogens with zero attached hydrogens (tertiary/aromatic N) is 1. The molecule has 3 heterocycles. The van der Waals surface area contributed by atoms with Crippen molar-refractivity contribution >= 4 is 21.4 Å². The van der Waals surface area contributed by atoms with Gasteiger partial charge in [-0.2, -0.15) is 0 Å². The maximum atomic E-state index is 10.0. The summed E-state index contributed by atoms with van der Waals surface area (Å²) in [5, 5.41) is 11.1. The third-order valence-electron chi connectivity index (χ3n) is 6.66. The molecule has 1 atom stereocenters. The quantitative estimate of drug-likeness (QED) is 0.366. The van der Waals surface area contributed by atoms with Crippen molar-refractivity contribution in [1.29, 1.82) is 0 Å². The Kier molecular flexibility index (Phi) is 5.44. The van der Waals surface area contributed by atoms with E-state index in [4.69, 9.17) is 9.47 Å². The predicted molar refractivity (Wildman–Crippen MR) is 134 cm³/mol. The summed E-state index contributed by atoms with van der Waals surface area (Å²) >= 11 is 1.71. The topological polar surface area (TPSA) is 41.9 Å². The predicted octanol–water partition coefficient (Wildman–Crippen LogP) is 6.62. The maximum Gasteiger partial charge on any atom is 0.151 e. The normalized spacial score (nSPS) is 17.9. The molecule has 6 rings (SSSR count). The van der Waals surface area contributed by atoms with E-state index < -0.39 is 0 Å². The Morgan fingerprint density at radius 3 is 2.64 bits per heavy atom. The van der Waals surface area contributed by atoms with Crippen LogP contribution in [-0.2, 0) is 0 Å². The number of piperidine rings is 1. The van der Waals surface area contributed by atoms with Gasteiger partial charge in [0.15, 0.2) is 6.10 Å². The fourth-order valence-corrected chi connectivity index (χ4v) is 6.25. The summed E-state index contributed by atoms with van der Waals surface area (Å²) in [6.07, 6.45) is 3.76. The van der Waals surface area contributed by atoms with Gasteiger partial charge in [-0.25, -0.2) is 0 Å². The van der Waals surface area contributed by atoms with E-state index in [1.807, 2.05) is 30.3 Å². The molecule has 0 amide bonds. The summed E-state index contributed by atoms with van der Waals surface area (Å²) in [4.78, 5) is 3.70. The second kappa shape index (κ2) is 8.73. The van der Waals surface area contributed by atoms with Crippen LogP contribution < -0.4 is 9.47 Å². The molecule has 0 saturated carbocycles. The minimum absolute atomic E-state index is 0.199. The first kappa shape index (κ1) is 20.6. The van der Waals surface area contributed by atoms with Crippen molar-refractivity contribution in [2.45, 2.75) is 25.4 Å². The molecule has 1 N–H and O–H groups in total. The van der Waals surface area contributed by atoms with Crippen LogP contribution in [0.15, 0.2) is 66.7 Å². The zero-order chi connectivity index (χ0) is 22.2. The van der Waals surface area contributed by atoms with Crippen LogP contribution in [0.3, 0.4) is 0 Å².